The highest BCUT2D eigenvalue weighted by Crippen LogP contribution is 2.20. The fraction of sp³-hybridized carbons (Fsp3) is 0.188. The first-order chi connectivity index (χ1) is 11.3. The van der Waals surface area contributed by atoms with Crippen molar-refractivity contribution in [1.82, 2.24) is 5.32 Å². The SMILES string of the molecule is COc1cccc(C(O)CNC(=O)c2cc(F)c(F)c(F)c2F)c1. The topological polar surface area (TPSA) is 58.6 Å². The average Bonchev–Trinajstić information content (AvgIpc) is 2.60. The number of aliphatic hydroxyl groups excluding tert-OH is 1. The molecule has 0 spiro atoms. The number of nitrogens with one attached hydrogen (secondary N) is 1. The molecule has 0 aliphatic rings. The van der Waals surface area contributed by atoms with Gasteiger partial charge < -0.3 is 15.2 Å². The molecule has 0 aromatic heterocycles. The van der Waals surface area contributed by atoms with E-state index in [2.05, 4.69) is 5.32 Å². The Labute approximate surface area is 134 Å². The summed E-state index contributed by atoms with van der Waals surface area (Å²) in [6, 6.07) is 6.60. The van der Waals surface area contributed by atoms with Crippen molar-refractivity contribution in [1.29, 1.82) is 0 Å². The van der Waals surface area contributed by atoms with Gasteiger partial charge in [-0.25, -0.2) is 17.6 Å². The smallest absolute Gasteiger partial charge is 0.254 e. The van der Waals surface area contributed by atoms with Gasteiger partial charge >= 0.3 is 0 Å². The third-order valence-electron chi connectivity index (χ3n) is 3.28. The Morgan fingerprint density at radius 3 is 2.54 bits per heavy atom. The Hall–Kier alpha value is -2.61. The van der Waals surface area contributed by atoms with Crippen molar-refractivity contribution in [3.8, 4) is 5.75 Å². The molecule has 2 N–H and O–H groups in total. The van der Waals surface area contributed by atoms with Crippen LogP contribution in [0.3, 0.4) is 0 Å². The van der Waals surface area contributed by atoms with Crippen molar-refractivity contribution in [3.63, 3.8) is 0 Å². The molecule has 0 heterocycles. The molecule has 128 valence electrons. The minimum atomic E-state index is -2.08. The third kappa shape index (κ3) is 3.65. The molecule has 4 nitrogen and oxygen atoms in total. The number of amides is 1. The van der Waals surface area contributed by atoms with E-state index in [4.69, 9.17) is 4.74 Å². The van der Waals surface area contributed by atoms with E-state index in [-0.39, 0.29) is 12.6 Å². The lowest BCUT2D eigenvalue weighted by molar-refractivity contribution is 0.0910. The van der Waals surface area contributed by atoms with Gasteiger partial charge in [-0.15, -0.1) is 0 Å². The van der Waals surface area contributed by atoms with Crippen LogP contribution in [0.2, 0.25) is 0 Å². The number of ether oxygens (including phenoxy) is 1. The molecule has 1 amide bonds. The quantitative estimate of drug-likeness (QED) is 0.499. The molecule has 2 rings (SSSR count). The minimum absolute atomic E-state index is 0.251. The Balaban J connectivity index is 2.10. The molecule has 2 aromatic rings. The van der Waals surface area contributed by atoms with Gasteiger partial charge in [0.15, 0.2) is 23.3 Å². The highest BCUT2D eigenvalue weighted by molar-refractivity contribution is 5.94. The Morgan fingerprint density at radius 2 is 1.88 bits per heavy atom. The van der Waals surface area contributed by atoms with E-state index in [1.165, 1.54) is 13.2 Å². The number of hydrogen-bond acceptors (Lipinski definition) is 3. The van der Waals surface area contributed by atoms with Crippen LogP contribution in [-0.2, 0) is 0 Å². The zero-order valence-corrected chi connectivity index (χ0v) is 12.4. The van der Waals surface area contributed by atoms with Crippen LogP contribution in [0.15, 0.2) is 30.3 Å². The molecule has 1 atom stereocenters. The minimum Gasteiger partial charge on any atom is -0.497 e. The number of methoxy groups -OCH3 is 1. The maximum absolute atomic E-state index is 13.5. The number of rotatable bonds is 5. The van der Waals surface area contributed by atoms with Crippen LogP contribution >= 0.6 is 0 Å². The summed E-state index contributed by atoms with van der Waals surface area (Å²) in [7, 11) is 1.44. The predicted octanol–water partition coefficient (Wildman–Crippen LogP) is 2.72. The fourth-order valence-corrected chi connectivity index (χ4v) is 1.99. The van der Waals surface area contributed by atoms with Crippen LogP contribution in [0.1, 0.15) is 22.0 Å². The van der Waals surface area contributed by atoms with E-state index in [0.29, 0.717) is 11.3 Å². The number of benzene rings is 2. The van der Waals surface area contributed by atoms with E-state index >= 15 is 0 Å². The second-order valence-corrected chi connectivity index (χ2v) is 4.85. The van der Waals surface area contributed by atoms with Gasteiger partial charge in [0.25, 0.3) is 5.91 Å². The summed E-state index contributed by atoms with van der Waals surface area (Å²) in [6.07, 6.45) is -1.16. The summed E-state index contributed by atoms with van der Waals surface area (Å²) in [6.45, 7) is -0.355. The summed E-state index contributed by atoms with van der Waals surface area (Å²) < 4.78 is 57.6. The molecule has 0 bridgehead atoms. The second-order valence-electron chi connectivity index (χ2n) is 4.85. The van der Waals surface area contributed by atoms with E-state index < -0.39 is 40.8 Å². The fourth-order valence-electron chi connectivity index (χ4n) is 1.99. The number of halogens is 4. The maximum Gasteiger partial charge on any atom is 0.254 e. The molecule has 0 saturated carbocycles. The molecule has 2 aromatic carbocycles. The first-order valence-electron chi connectivity index (χ1n) is 6.78. The standard InChI is InChI=1S/C16H13F4NO3/c1-24-9-4-2-3-8(5-9)12(22)7-21-16(23)10-6-11(17)14(19)15(20)13(10)18/h2-6,12,22H,7H2,1H3,(H,21,23). The lowest BCUT2D eigenvalue weighted by Crippen LogP contribution is -2.29. The zero-order chi connectivity index (χ0) is 17.9. The zero-order valence-electron chi connectivity index (χ0n) is 12.4. The molecule has 0 aliphatic heterocycles. The van der Waals surface area contributed by atoms with Gasteiger partial charge in [0.2, 0.25) is 0 Å². The molecule has 1 unspecified atom stereocenters. The summed E-state index contributed by atoms with van der Waals surface area (Å²) in [4.78, 5) is 11.8. The summed E-state index contributed by atoms with van der Waals surface area (Å²) >= 11 is 0. The van der Waals surface area contributed by atoms with E-state index in [9.17, 15) is 27.5 Å². The Bertz CT molecular complexity index is 767. The third-order valence-corrected chi connectivity index (χ3v) is 3.28. The summed E-state index contributed by atoms with van der Waals surface area (Å²) in [5, 5.41) is 12.1. The van der Waals surface area contributed by atoms with Crippen molar-refractivity contribution < 1.29 is 32.2 Å². The van der Waals surface area contributed by atoms with E-state index in [1.54, 1.807) is 18.2 Å². The predicted molar refractivity (Wildman–Crippen MR) is 76.6 cm³/mol. The van der Waals surface area contributed by atoms with Crippen LogP contribution < -0.4 is 10.1 Å². The van der Waals surface area contributed by atoms with Gasteiger partial charge in [-0.2, -0.15) is 0 Å². The first-order valence-corrected chi connectivity index (χ1v) is 6.78. The largest absolute Gasteiger partial charge is 0.497 e. The Kier molecular flexibility index (Phi) is 5.40. The lowest BCUT2D eigenvalue weighted by Gasteiger charge is -2.13. The summed E-state index contributed by atoms with van der Waals surface area (Å²) in [5.41, 5.74) is -0.587. The van der Waals surface area contributed by atoms with Crippen LogP contribution in [0, 0.1) is 23.3 Å². The number of carbonyl (C=O) groups excluding carboxylic acids is 1. The highest BCUT2D eigenvalue weighted by atomic mass is 19.2. The van der Waals surface area contributed by atoms with Crippen molar-refractivity contribution >= 4 is 5.91 Å². The Morgan fingerprint density at radius 1 is 1.17 bits per heavy atom. The van der Waals surface area contributed by atoms with Crippen LogP contribution in [0.25, 0.3) is 0 Å². The van der Waals surface area contributed by atoms with E-state index in [0.717, 1.165) is 0 Å². The molecule has 0 fully saturated rings. The van der Waals surface area contributed by atoms with Crippen LogP contribution in [0.4, 0.5) is 17.6 Å². The summed E-state index contributed by atoms with van der Waals surface area (Å²) in [5.74, 6) is -8.28. The molecule has 0 saturated heterocycles. The van der Waals surface area contributed by atoms with Gasteiger partial charge in [-0.3, -0.25) is 4.79 Å². The first kappa shape index (κ1) is 17.7. The van der Waals surface area contributed by atoms with Gasteiger partial charge in [0, 0.05) is 6.54 Å². The molecule has 24 heavy (non-hydrogen) atoms. The maximum atomic E-state index is 13.5. The van der Waals surface area contributed by atoms with Crippen molar-refractivity contribution in [2.24, 2.45) is 0 Å². The number of hydrogen-bond donors (Lipinski definition) is 2. The number of carbonyl (C=O) groups is 1. The van der Waals surface area contributed by atoms with Crippen molar-refractivity contribution in [2.45, 2.75) is 6.10 Å². The van der Waals surface area contributed by atoms with Crippen molar-refractivity contribution in [3.05, 3.63) is 64.7 Å². The van der Waals surface area contributed by atoms with Crippen LogP contribution in [0.5, 0.6) is 5.75 Å². The van der Waals surface area contributed by atoms with Crippen molar-refractivity contribution in [2.75, 3.05) is 13.7 Å². The van der Waals surface area contributed by atoms with Gasteiger partial charge in [-0.05, 0) is 23.8 Å². The average molecular weight is 343 g/mol. The second kappa shape index (κ2) is 7.31. The van der Waals surface area contributed by atoms with Gasteiger partial charge in [0.05, 0.1) is 18.8 Å². The monoisotopic (exact) mass is 343 g/mol. The molecule has 8 heteroatoms. The highest BCUT2D eigenvalue weighted by Gasteiger charge is 2.23. The molecule has 0 radical (unpaired) electrons. The molecule has 0 aliphatic carbocycles. The molecular formula is C16H13F4NO3. The van der Waals surface area contributed by atoms with Gasteiger partial charge in [-0.1, -0.05) is 12.1 Å². The normalized spacial score (nSPS) is 11.9. The molecular weight excluding hydrogens is 330 g/mol. The van der Waals surface area contributed by atoms with Crippen LogP contribution in [-0.4, -0.2) is 24.7 Å². The lowest BCUT2D eigenvalue weighted by atomic mass is 10.1. The van der Waals surface area contributed by atoms with E-state index in [1.807, 2.05) is 0 Å². The number of aliphatic hydroxyl groups is 1. The van der Waals surface area contributed by atoms with Gasteiger partial charge in [0.1, 0.15) is 5.75 Å².